The topological polar surface area (TPSA) is 86.8 Å². The van der Waals surface area contributed by atoms with Crippen LogP contribution in [-0.4, -0.2) is 50.5 Å². The molecule has 0 spiro atoms. The first-order valence-electron chi connectivity index (χ1n) is 12.8. The standard InChI is InChI=1S/C29H32Cl3N3O4S/c1-3-33-29(37)27(19-21-8-5-4-6-9-21)34(20-22-11-16-25(31)26(32)18-22)28(36)10-7-17-35(40(2,38)39)24-14-12-23(30)13-15-24/h4-6,8-9,11-16,18,27H,3,7,10,17,19-20H2,1-2H3,(H,33,37)/t27-/m0/s1. The summed E-state index contributed by atoms with van der Waals surface area (Å²) in [6, 6.07) is 20.2. The molecule has 1 N–H and O–H groups in total. The maximum atomic E-state index is 13.8. The molecule has 3 aromatic rings. The van der Waals surface area contributed by atoms with Crippen LogP contribution in [0.1, 0.15) is 30.9 Å². The SMILES string of the molecule is CCNC(=O)[C@H](Cc1ccccc1)N(Cc1ccc(Cl)c(Cl)c1)C(=O)CCCN(c1ccc(Cl)cc1)S(C)(=O)=O. The van der Waals surface area contributed by atoms with Crippen molar-refractivity contribution >= 4 is 62.3 Å². The molecule has 1 atom stereocenters. The highest BCUT2D eigenvalue weighted by molar-refractivity contribution is 7.92. The fourth-order valence-corrected chi connectivity index (χ4v) is 5.70. The number of rotatable bonds is 13. The highest BCUT2D eigenvalue weighted by Gasteiger charge is 2.30. The lowest BCUT2D eigenvalue weighted by Crippen LogP contribution is -2.50. The second-order valence-electron chi connectivity index (χ2n) is 9.29. The Kier molecular flexibility index (Phi) is 11.7. The van der Waals surface area contributed by atoms with Gasteiger partial charge in [0, 0.05) is 37.5 Å². The van der Waals surface area contributed by atoms with E-state index in [1.807, 2.05) is 37.3 Å². The van der Waals surface area contributed by atoms with Crippen LogP contribution in [0, 0.1) is 0 Å². The summed E-state index contributed by atoms with van der Waals surface area (Å²) < 4.78 is 26.3. The number of hydrogen-bond acceptors (Lipinski definition) is 4. The van der Waals surface area contributed by atoms with E-state index in [4.69, 9.17) is 34.8 Å². The van der Waals surface area contributed by atoms with Gasteiger partial charge in [0.05, 0.1) is 22.0 Å². The molecule has 214 valence electrons. The lowest BCUT2D eigenvalue weighted by atomic mass is 10.0. The first-order valence-corrected chi connectivity index (χ1v) is 15.8. The molecular formula is C29H32Cl3N3O4S. The number of likely N-dealkylation sites (N-methyl/N-ethyl adjacent to an activating group) is 1. The second kappa shape index (κ2) is 14.7. The van der Waals surface area contributed by atoms with Crippen molar-refractivity contribution in [2.24, 2.45) is 0 Å². The van der Waals surface area contributed by atoms with Gasteiger partial charge in [-0.1, -0.05) is 71.2 Å². The highest BCUT2D eigenvalue weighted by Crippen LogP contribution is 2.25. The zero-order valence-electron chi connectivity index (χ0n) is 22.3. The van der Waals surface area contributed by atoms with E-state index in [-0.39, 0.29) is 37.7 Å². The van der Waals surface area contributed by atoms with Crippen LogP contribution in [0.2, 0.25) is 15.1 Å². The van der Waals surface area contributed by atoms with E-state index in [0.717, 1.165) is 11.8 Å². The molecule has 3 aromatic carbocycles. The number of nitrogens with zero attached hydrogens (tertiary/aromatic N) is 2. The van der Waals surface area contributed by atoms with Crippen molar-refractivity contribution in [3.05, 3.63) is 99.0 Å². The van der Waals surface area contributed by atoms with Crippen molar-refractivity contribution < 1.29 is 18.0 Å². The molecule has 0 fully saturated rings. The van der Waals surface area contributed by atoms with E-state index in [1.54, 1.807) is 42.5 Å². The van der Waals surface area contributed by atoms with Crippen molar-refractivity contribution in [3.8, 4) is 0 Å². The van der Waals surface area contributed by atoms with Crippen LogP contribution in [0.5, 0.6) is 0 Å². The molecule has 7 nitrogen and oxygen atoms in total. The molecule has 0 saturated carbocycles. The minimum absolute atomic E-state index is 0.0195. The van der Waals surface area contributed by atoms with Crippen molar-refractivity contribution in [1.82, 2.24) is 10.2 Å². The Morgan fingerprint density at radius 3 is 2.17 bits per heavy atom. The Morgan fingerprint density at radius 1 is 0.900 bits per heavy atom. The van der Waals surface area contributed by atoms with Gasteiger partial charge in [0.15, 0.2) is 0 Å². The normalized spacial score (nSPS) is 12.0. The van der Waals surface area contributed by atoms with Gasteiger partial charge in [0.25, 0.3) is 0 Å². The molecule has 2 amide bonds. The van der Waals surface area contributed by atoms with E-state index in [9.17, 15) is 18.0 Å². The van der Waals surface area contributed by atoms with Crippen LogP contribution >= 0.6 is 34.8 Å². The van der Waals surface area contributed by atoms with Gasteiger partial charge in [-0.3, -0.25) is 13.9 Å². The van der Waals surface area contributed by atoms with E-state index in [2.05, 4.69) is 5.32 Å². The summed E-state index contributed by atoms with van der Waals surface area (Å²) in [6.07, 6.45) is 1.68. The van der Waals surface area contributed by atoms with Gasteiger partial charge in [-0.15, -0.1) is 0 Å². The predicted molar refractivity (Wildman–Crippen MR) is 163 cm³/mol. The van der Waals surface area contributed by atoms with Crippen LogP contribution in [0.15, 0.2) is 72.8 Å². The van der Waals surface area contributed by atoms with Crippen LogP contribution in [0.3, 0.4) is 0 Å². The predicted octanol–water partition coefficient (Wildman–Crippen LogP) is 5.97. The van der Waals surface area contributed by atoms with E-state index in [0.29, 0.717) is 39.3 Å². The molecule has 0 bridgehead atoms. The van der Waals surface area contributed by atoms with E-state index >= 15 is 0 Å². The molecular weight excluding hydrogens is 593 g/mol. The van der Waals surface area contributed by atoms with Gasteiger partial charge in [-0.05, 0) is 60.9 Å². The average molecular weight is 625 g/mol. The van der Waals surface area contributed by atoms with Crippen LogP contribution in [-0.2, 0) is 32.6 Å². The third-order valence-corrected chi connectivity index (χ3v) is 8.41. The molecule has 0 unspecified atom stereocenters. The number of carbonyl (C=O) groups is 2. The third-order valence-electron chi connectivity index (χ3n) is 6.23. The average Bonchev–Trinajstić information content (AvgIpc) is 2.91. The largest absolute Gasteiger partial charge is 0.355 e. The van der Waals surface area contributed by atoms with Gasteiger partial charge in [-0.2, -0.15) is 0 Å². The van der Waals surface area contributed by atoms with Gasteiger partial charge in [0.2, 0.25) is 21.8 Å². The fourth-order valence-electron chi connectivity index (χ4n) is 4.29. The fraction of sp³-hybridized carbons (Fsp3) is 0.310. The number of sulfonamides is 1. The Bertz CT molecular complexity index is 1400. The first kappa shape index (κ1) is 31.7. The Balaban J connectivity index is 1.87. The summed E-state index contributed by atoms with van der Waals surface area (Å²) in [5.41, 5.74) is 2.07. The van der Waals surface area contributed by atoms with Crippen molar-refractivity contribution in [2.75, 3.05) is 23.7 Å². The second-order valence-corrected chi connectivity index (χ2v) is 12.4. The molecule has 0 aliphatic rings. The Hall–Kier alpha value is -2.78. The molecule has 40 heavy (non-hydrogen) atoms. The highest BCUT2D eigenvalue weighted by atomic mass is 35.5. The minimum atomic E-state index is -3.61. The summed E-state index contributed by atoms with van der Waals surface area (Å²) in [7, 11) is -3.61. The first-order chi connectivity index (χ1) is 19.0. The smallest absolute Gasteiger partial charge is 0.243 e. The quantitative estimate of drug-likeness (QED) is 0.254. The maximum Gasteiger partial charge on any atom is 0.243 e. The van der Waals surface area contributed by atoms with E-state index in [1.165, 1.54) is 9.21 Å². The van der Waals surface area contributed by atoms with Crippen molar-refractivity contribution in [3.63, 3.8) is 0 Å². The van der Waals surface area contributed by atoms with Gasteiger partial charge >= 0.3 is 0 Å². The number of amides is 2. The summed E-state index contributed by atoms with van der Waals surface area (Å²) in [4.78, 5) is 28.6. The molecule has 3 rings (SSSR count). The number of halogens is 3. The van der Waals surface area contributed by atoms with E-state index < -0.39 is 16.1 Å². The molecule has 0 aliphatic heterocycles. The monoisotopic (exact) mass is 623 g/mol. The minimum Gasteiger partial charge on any atom is -0.355 e. The van der Waals surface area contributed by atoms with Gasteiger partial charge < -0.3 is 10.2 Å². The van der Waals surface area contributed by atoms with Crippen molar-refractivity contribution in [1.29, 1.82) is 0 Å². The Morgan fingerprint density at radius 2 is 1.57 bits per heavy atom. The van der Waals surface area contributed by atoms with Gasteiger partial charge in [-0.25, -0.2) is 8.42 Å². The summed E-state index contributed by atoms with van der Waals surface area (Å²) >= 11 is 18.3. The van der Waals surface area contributed by atoms with Gasteiger partial charge in [0.1, 0.15) is 6.04 Å². The van der Waals surface area contributed by atoms with Crippen LogP contribution < -0.4 is 9.62 Å². The van der Waals surface area contributed by atoms with Crippen LogP contribution in [0.25, 0.3) is 0 Å². The van der Waals surface area contributed by atoms with Crippen molar-refractivity contribution in [2.45, 2.75) is 38.8 Å². The third kappa shape index (κ3) is 9.13. The molecule has 0 aliphatic carbocycles. The molecule has 0 aromatic heterocycles. The number of hydrogen-bond donors (Lipinski definition) is 1. The number of anilines is 1. The lowest BCUT2D eigenvalue weighted by Gasteiger charge is -2.32. The summed E-state index contributed by atoms with van der Waals surface area (Å²) in [6.45, 7) is 2.43. The lowest BCUT2D eigenvalue weighted by molar-refractivity contribution is -0.141. The molecule has 0 saturated heterocycles. The summed E-state index contributed by atoms with van der Waals surface area (Å²) in [5, 5.41) is 4.06. The maximum absolute atomic E-state index is 13.8. The molecule has 0 radical (unpaired) electrons. The number of benzene rings is 3. The Labute approximate surface area is 251 Å². The van der Waals surface area contributed by atoms with Crippen LogP contribution in [0.4, 0.5) is 5.69 Å². The molecule has 0 heterocycles. The number of nitrogens with one attached hydrogen (secondary N) is 1. The zero-order valence-corrected chi connectivity index (χ0v) is 25.4. The number of carbonyl (C=O) groups excluding carboxylic acids is 2. The summed E-state index contributed by atoms with van der Waals surface area (Å²) in [5.74, 6) is -0.568. The zero-order chi connectivity index (χ0) is 29.3. The molecule has 11 heteroatoms.